The van der Waals surface area contributed by atoms with E-state index >= 15 is 0 Å². The largest absolute Gasteiger partial charge is 0.395 e. The Morgan fingerprint density at radius 1 is 0.909 bits per heavy atom. The zero-order chi connectivity index (χ0) is 15.2. The van der Waals surface area contributed by atoms with Crippen molar-refractivity contribution in [1.82, 2.24) is 14.8 Å². The topological polar surface area (TPSA) is 50.9 Å². The summed E-state index contributed by atoms with van der Waals surface area (Å²) in [6.45, 7) is 0.561. The summed E-state index contributed by atoms with van der Waals surface area (Å²) in [6, 6.07) is 20.2. The van der Waals surface area contributed by atoms with Crippen molar-refractivity contribution in [3.8, 4) is 11.4 Å². The highest BCUT2D eigenvalue weighted by atomic mass is 32.2. The molecule has 3 rings (SSSR count). The molecule has 0 saturated carbocycles. The fourth-order valence-corrected chi connectivity index (χ4v) is 3.14. The first-order valence-corrected chi connectivity index (χ1v) is 8.13. The molecular formula is C17H17N3OS. The third kappa shape index (κ3) is 3.37. The Hall–Kier alpha value is -2.11. The molecule has 0 unspecified atom stereocenters. The lowest BCUT2D eigenvalue weighted by molar-refractivity contribution is 0.272. The van der Waals surface area contributed by atoms with E-state index in [0.717, 1.165) is 22.3 Å². The number of benzene rings is 2. The molecule has 0 aliphatic carbocycles. The molecule has 1 N–H and O–H groups in total. The normalized spacial score (nSPS) is 10.8. The third-order valence-corrected chi connectivity index (χ3v) is 4.32. The molecule has 22 heavy (non-hydrogen) atoms. The molecule has 0 radical (unpaired) electrons. The third-order valence-electron chi connectivity index (χ3n) is 3.28. The van der Waals surface area contributed by atoms with Crippen LogP contribution < -0.4 is 0 Å². The predicted molar refractivity (Wildman–Crippen MR) is 88.5 cm³/mol. The van der Waals surface area contributed by atoms with Crippen LogP contribution in [0.25, 0.3) is 11.4 Å². The fraction of sp³-hybridized carbons (Fsp3) is 0.176. The van der Waals surface area contributed by atoms with Crippen LogP contribution in [0.5, 0.6) is 0 Å². The minimum Gasteiger partial charge on any atom is -0.395 e. The number of thioether (sulfide) groups is 1. The first kappa shape index (κ1) is 14.8. The number of rotatable bonds is 6. The van der Waals surface area contributed by atoms with Gasteiger partial charge in [-0.2, -0.15) is 0 Å². The van der Waals surface area contributed by atoms with Crippen molar-refractivity contribution in [2.24, 2.45) is 0 Å². The Kier molecular flexibility index (Phi) is 4.88. The van der Waals surface area contributed by atoms with Gasteiger partial charge in [-0.15, -0.1) is 10.2 Å². The lowest BCUT2D eigenvalue weighted by atomic mass is 10.2. The van der Waals surface area contributed by atoms with Crippen LogP contribution in [0, 0.1) is 0 Å². The van der Waals surface area contributed by atoms with Gasteiger partial charge in [0.05, 0.1) is 6.61 Å². The summed E-state index contributed by atoms with van der Waals surface area (Å²) in [7, 11) is 0. The smallest absolute Gasteiger partial charge is 0.191 e. The lowest BCUT2D eigenvalue weighted by Gasteiger charge is -2.08. The monoisotopic (exact) mass is 311 g/mol. The van der Waals surface area contributed by atoms with E-state index in [0.29, 0.717) is 6.54 Å². The van der Waals surface area contributed by atoms with E-state index in [1.54, 1.807) is 11.8 Å². The van der Waals surface area contributed by atoms with E-state index in [9.17, 15) is 5.11 Å². The van der Waals surface area contributed by atoms with Gasteiger partial charge in [-0.3, -0.25) is 4.57 Å². The standard InChI is InChI=1S/C17H17N3OS/c21-12-11-20-16(15-9-5-2-6-10-15)18-19-17(20)22-13-14-7-3-1-4-8-14/h1-10,21H,11-13H2. The number of hydrogen-bond acceptors (Lipinski definition) is 4. The van der Waals surface area contributed by atoms with E-state index < -0.39 is 0 Å². The summed E-state index contributed by atoms with van der Waals surface area (Å²) in [4.78, 5) is 0. The van der Waals surface area contributed by atoms with Crippen LogP contribution in [0.1, 0.15) is 5.56 Å². The van der Waals surface area contributed by atoms with Gasteiger partial charge in [-0.05, 0) is 5.56 Å². The molecule has 1 heterocycles. The Balaban J connectivity index is 1.84. The maximum atomic E-state index is 9.33. The van der Waals surface area contributed by atoms with Crippen LogP contribution in [-0.2, 0) is 12.3 Å². The highest BCUT2D eigenvalue weighted by Crippen LogP contribution is 2.26. The van der Waals surface area contributed by atoms with Crippen molar-refractivity contribution in [3.05, 3.63) is 66.2 Å². The first-order chi connectivity index (χ1) is 10.9. The number of aromatic nitrogens is 3. The molecule has 0 aliphatic rings. The van der Waals surface area contributed by atoms with Crippen molar-refractivity contribution >= 4 is 11.8 Å². The minimum atomic E-state index is 0.0662. The van der Waals surface area contributed by atoms with Crippen LogP contribution >= 0.6 is 11.8 Å². The van der Waals surface area contributed by atoms with Crippen molar-refractivity contribution in [2.45, 2.75) is 17.5 Å². The average Bonchev–Trinajstić information content (AvgIpc) is 2.98. The van der Waals surface area contributed by atoms with Crippen LogP contribution in [0.15, 0.2) is 65.8 Å². The zero-order valence-electron chi connectivity index (χ0n) is 12.1. The molecule has 0 fully saturated rings. The van der Waals surface area contributed by atoms with Gasteiger partial charge in [-0.1, -0.05) is 72.4 Å². The average molecular weight is 311 g/mol. The summed E-state index contributed by atoms with van der Waals surface area (Å²) in [5.74, 6) is 1.63. The summed E-state index contributed by atoms with van der Waals surface area (Å²) < 4.78 is 1.98. The van der Waals surface area contributed by atoms with Gasteiger partial charge in [0.2, 0.25) is 0 Å². The van der Waals surface area contributed by atoms with Crippen LogP contribution in [0.2, 0.25) is 0 Å². The number of hydrogen-bond donors (Lipinski definition) is 1. The highest BCUT2D eigenvalue weighted by molar-refractivity contribution is 7.98. The van der Waals surface area contributed by atoms with E-state index in [1.165, 1.54) is 5.56 Å². The fourth-order valence-electron chi connectivity index (χ4n) is 2.22. The molecule has 0 saturated heterocycles. The second-order valence-electron chi connectivity index (χ2n) is 4.82. The lowest BCUT2D eigenvalue weighted by Crippen LogP contribution is -2.06. The van der Waals surface area contributed by atoms with Crippen LogP contribution in [-0.4, -0.2) is 26.5 Å². The maximum Gasteiger partial charge on any atom is 0.191 e. The van der Waals surface area contributed by atoms with Gasteiger partial charge < -0.3 is 5.11 Å². The molecule has 0 spiro atoms. The van der Waals surface area contributed by atoms with E-state index in [1.807, 2.05) is 53.1 Å². The SMILES string of the molecule is OCCn1c(SCc2ccccc2)nnc1-c1ccccc1. The van der Waals surface area contributed by atoms with Crippen LogP contribution in [0.3, 0.4) is 0 Å². The van der Waals surface area contributed by atoms with Gasteiger partial charge in [0.1, 0.15) is 0 Å². The van der Waals surface area contributed by atoms with Crippen molar-refractivity contribution in [3.63, 3.8) is 0 Å². The first-order valence-electron chi connectivity index (χ1n) is 7.14. The molecule has 4 nitrogen and oxygen atoms in total. The van der Waals surface area contributed by atoms with Gasteiger partial charge in [-0.25, -0.2) is 0 Å². The van der Waals surface area contributed by atoms with Crippen molar-refractivity contribution < 1.29 is 5.11 Å². The van der Waals surface area contributed by atoms with E-state index in [4.69, 9.17) is 0 Å². The Morgan fingerprint density at radius 2 is 1.59 bits per heavy atom. The number of aliphatic hydroxyl groups excluding tert-OH is 1. The molecule has 5 heteroatoms. The minimum absolute atomic E-state index is 0.0662. The van der Waals surface area contributed by atoms with Crippen LogP contribution in [0.4, 0.5) is 0 Å². The molecule has 0 bridgehead atoms. The molecule has 0 atom stereocenters. The molecule has 0 amide bonds. The van der Waals surface area contributed by atoms with E-state index in [2.05, 4.69) is 22.3 Å². The van der Waals surface area contributed by atoms with Gasteiger partial charge in [0.25, 0.3) is 0 Å². The summed E-state index contributed by atoms with van der Waals surface area (Å²) in [5, 5.41) is 18.8. The predicted octanol–water partition coefficient (Wildman–Crippen LogP) is 3.23. The van der Waals surface area contributed by atoms with Crippen molar-refractivity contribution in [1.29, 1.82) is 0 Å². The summed E-state index contributed by atoms with van der Waals surface area (Å²) in [6.07, 6.45) is 0. The Morgan fingerprint density at radius 3 is 2.27 bits per heavy atom. The van der Waals surface area contributed by atoms with Gasteiger partial charge >= 0.3 is 0 Å². The van der Waals surface area contributed by atoms with Crippen molar-refractivity contribution in [2.75, 3.05) is 6.61 Å². The molecule has 1 aromatic heterocycles. The summed E-state index contributed by atoms with van der Waals surface area (Å²) >= 11 is 1.63. The summed E-state index contributed by atoms with van der Waals surface area (Å²) in [5.41, 5.74) is 2.25. The molecule has 112 valence electrons. The molecular weight excluding hydrogens is 294 g/mol. The Bertz CT molecular complexity index is 713. The van der Waals surface area contributed by atoms with E-state index in [-0.39, 0.29) is 6.61 Å². The second kappa shape index (κ2) is 7.24. The quantitative estimate of drug-likeness (QED) is 0.710. The molecule has 0 aliphatic heterocycles. The molecule has 3 aromatic rings. The zero-order valence-corrected chi connectivity index (χ0v) is 12.9. The van der Waals surface area contributed by atoms with Gasteiger partial charge in [0.15, 0.2) is 11.0 Å². The number of nitrogens with zero attached hydrogens (tertiary/aromatic N) is 3. The second-order valence-corrected chi connectivity index (χ2v) is 5.76. The Labute approximate surface area is 133 Å². The van der Waals surface area contributed by atoms with Gasteiger partial charge in [0, 0.05) is 17.9 Å². The highest BCUT2D eigenvalue weighted by Gasteiger charge is 2.13. The number of aliphatic hydroxyl groups is 1. The maximum absolute atomic E-state index is 9.33. The molecule has 2 aromatic carbocycles.